The van der Waals surface area contributed by atoms with Gasteiger partial charge in [-0.25, -0.2) is 15.0 Å². The van der Waals surface area contributed by atoms with E-state index in [4.69, 9.17) is 4.74 Å². The summed E-state index contributed by atoms with van der Waals surface area (Å²) in [6, 6.07) is 5.78. The lowest BCUT2D eigenvalue weighted by atomic mass is 10.1. The smallest absolute Gasteiger partial charge is 0.213 e. The van der Waals surface area contributed by atoms with Gasteiger partial charge in [0.1, 0.15) is 11.6 Å². The van der Waals surface area contributed by atoms with Crippen LogP contribution in [0.4, 0.5) is 5.82 Å². The number of rotatable bonds is 6. The number of hydrogen-bond donors (Lipinski definition) is 1. The molecule has 5 heteroatoms. The van der Waals surface area contributed by atoms with E-state index in [0.717, 1.165) is 35.9 Å². The van der Waals surface area contributed by atoms with E-state index in [-0.39, 0.29) is 5.92 Å². The number of hydrogen-bond acceptors (Lipinski definition) is 5. The normalized spacial score (nSPS) is 10.7. The van der Waals surface area contributed by atoms with E-state index in [0.29, 0.717) is 5.88 Å². The lowest BCUT2D eigenvalue weighted by Gasteiger charge is -2.11. The Morgan fingerprint density at radius 3 is 2.71 bits per heavy atom. The van der Waals surface area contributed by atoms with Gasteiger partial charge in [-0.15, -0.1) is 0 Å². The van der Waals surface area contributed by atoms with E-state index in [1.54, 1.807) is 13.3 Å². The molecule has 0 unspecified atom stereocenters. The number of pyridine rings is 1. The van der Waals surface area contributed by atoms with Crippen molar-refractivity contribution in [1.29, 1.82) is 0 Å². The van der Waals surface area contributed by atoms with Crippen molar-refractivity contribution >= 4 is 5.82 Å². The number of nitrogens with zero attached hydrogens (tertiary/aromatic N) is 3. The fraction of sp³-hybridized carbons (Fsp3) is 0.438. The first kappa shape index (κ1) is 15.2. The van der Waals surface area contributed by atoms with Gasteiger partial charge in [0.2, 0.25) is 5.88 Å². The highest BCUT2D eigenvalue weighted by Gasteiger charge is 2.10. The molecule has 2 heterocycles. The van der Waals surface area contributed by atoms with Gasteiger partial charge in [-0.3, -0.25) is 0 Å². The van der Waals surface area contributed by atoms with Gasteiger partial charge in [-0.2, -0.15) is 0 Å². The highest BCUT2D eigenvalue weighted by Crippen LogP contribution is 2.24. The van der Waals surface area contributed by atoms with Crippen molar-refractivity contribution < 1.29 is 4.74 Å². The van der Waals surface area contributed by atoms with Crippen LogP contribution in [0.1, 0.15) is 38.9 Å². The monoisotopic (exact) mass is 286 g/mol. The molecule has 112 valence electrons. The zero-order valence-electron chi connectivity index (χ0n) is 13.1. The largest absolute Gasteiger partial charge is 0.481 e. The Kier molecular flexibility index (Phi) is 5.09. The molecule has 21 heavy (non-hydrogen) atoms. The van der Waals surface area contributed by atoms with Gasteiger partial charge in [-0.05, 0) is 12.5 Å². The van der Waals surface area contributed by atoms with Gasteiger partial charge in [0.15, 0.2) is 0 Å². The Hall–Kier alpha value is -2.17. The zero-order chi connectivity index (χ0) is 15.2. The Labute approximate surface area is 125 Å². The maximum absolute atomic E-state index is 5.18. The van der Waals surface area contributed by atoms with Crippen LogP contribution in [0.3, 0.4) is 0 Å². The van der Waals surface area contributed by atoms with E-state index in [1.165, 1.54) is 0 Å². The summed E-state index contributed by atoms with van der Waals surface area (Å²) in [7, 11) is 1.61. The van der Waals surface area contributed by atoms with Crippen molar-refractivity contribution in [3.8, 4) is 17.1 Å². The molecule has 0 amide bonds. The minimum absolute atomic E-state index is 0.274. The minimum atomic E-state index is 0.274. The molecule has 0 aromatic carbocycles. The second kappa shape index (κ2) is 7.02. The topological polar surface area (TPSA) is 59.9 Å². The van der Waals surface area contributed by atoms with Gasteiger partial charge < -0.3 is 10.1 Å². The lowest BCUT2D eigenvalue weighted by molar-refractivity contribution is 0.398. The van der Waals surface area contributed by atoms with Crippen LogP contribution >= 0.6 is 0 Å². The van der Waals surface area contributed by atoms with E-state index in [1.807, 2.05) is 18.2 Å². The summed E-state index contributed by atoms with van der Waals surface area (Å²) in [5, 5.41) is 3.33. The standard InChI is InChI=1S/C16H22N4O/c1-5-7-17-14-10-13(19-16(20-14)11(2)3)12-6-8-18-15(9-12)21-4/h6,8-11H,5,7H2,1-4H3,(H,17,19,20). The number of methoxy groups -OCH3 is 1. The molecule has 2 aromatic rings. The number of anilines is 1. The summed E-state index contributed by atoms with van der Waals surface area (Å²) < 4.78 is 5.18. The fourth-order valence-corrected chi connectivity index (χ4v) is 1.90. The number of ether oxygens (including phenoxy) is 1. The predicted octanol–water partition coefficient (Wildman–Crippen LogP) is 3.49. The summed E-state index contributed by atoms with van der Waals surface area (Å²) >= 11 is 0. The quantitative estimate of drug-likeness (QED) is 0.880. The average Bonchev–Trinajstić information content (AvgIpc) is 2.52. The fourth-order valence-electron chi connectivity index (χ4n) is 1.90. The Balaban J connectivity index is 2.43. The van der Waals surface area contributed by atoms with Crippen LogP contribution in [0.5, 0.6) is 5.88 Å². The number of aromatic nitrogens is 3. The lowest BCUT2D eigenvalue weighted by Crippen LogP contribution is -2.07. The summed E-state index contributed by atoms with van der Waals surface area (Å²) in [6.45, 7) is 7.21. The molecule has 0 saturated heterocycles. The van der Waals surface area contributed by atoms with Crippen molar-refractivity contribution in [3.63, 3.8) is 0 Å². The molecule has 0 atom stereocenters. The van der Waals surface area contributed by atoms with Crippen molar-refractivity contribution in [2.45, 2.75) is 33.1 Å². The van der Waals surface area contributed by atoms with E-state index in [2.05, 4.69) is 41.0 Å². The molecular formula is C16H22N4O. The first-order valence-corrected chi connectivity index (χ1v) is 7.27. The van der Waals surface area contributed by atoms with Crippen LogP contribution < -0.4 is 10.1 Å². The highest BCUT2D eigenvalue weighted by atomic mass is 16.5. The predicted molar refractivity (Wildman–Crippen MR) is 84.7 cm³/mol. The van der Waals surface area contributed by atoms with Gasteiger partial charge in [0.05, 0.1) is 12.8 Å². The molecule has 0 aliphatic rings. The van der Waals surface area contributed by atoms with Crippen LogP contribution in [0, 0.1) is 0 Å². The Morgan fingerprint density at radius 2 is 2.05 bits per heavy atom. The van der Waals surface area contributed by atoms with Gasteiger partial charge in [0, 0.05) is 36.4 Å². The SMILES string of the molecule is CCCNc1cc(-c2ccnc(OC)c2)nc(C(C)C)n1. The third-order valence-electron chi connectivity index (χ3n) is 3.06. The van der Waals surface area contributed by atoms with Crippen molar-refractivity contribution in [1.82, 2.24) is 15.0 Å². The second-order valence-corrected chi connectivity index (χ2v) is 5.16. The van der Waals surface area contributed by atoms with Crippen LogP contribution in [-0.2, 0) is 0 Å². The van der Waals surface area contributed by atoms with Gasteiger partial charge in [-0.1, -0.05) is 20.8 Å². The van der Waals surface area contributed by atoms with Gasteiger partial charge in [0.25, 0.3) is 0 Å². The summed E-state index contributed by atoms with van der Waals surface area (Å²) in [5.41, 5.74) is 1.86. The highest BCUT2D eigenvalue weighted by molar-refractivity contribution is 5.63. The molecule has 0 spiro atoms. The summed E-state index contributed by atoms with van der Waals surface area (Å²) in [6.07, 6.45) is 2.78. The summed E-state index contributed by atoms with van der Waals surface area (Å²) in [4.78, 5) is 13.4. The first-order valence-electron chi connectivity index (χ1n) is 7.27. The van der Waals surface area contributed by atoms with Gasteiger partial charge >= 0.3 is 0 Å². The Morgan fingerprint density at radius 1 is 1.24 bits per heavy atom. The Bertz CT molecular complexity index is 599. The molecule has 5 nitrogen and oxygen atoms in total. The van der Waals surface area contributed by atoms with E-state index in [9.17, 15) is 0 Å². The average molecular weight is 286 g/mol. The molecular weight excluding hydrogens is 264 g/mol. The third kappa shape index (κ3) is 3.90. The van der Waals surface area contributed by atoms with Crippen molar-refractivity contribution in [3.05, 3.63) is 30.2 Å². The molecule has 2 aromatic heterocycles. The maximum atomic E-state index is 5.18. The molecule has 1 N–H and O–H groups in total. The zero-order valence-corrected chi connectivity index (χ0v) is 13.1. The molecule has 0 fully saturated rings. The summed E-state index contributed by atoms with van der Waals surface area (Å²) in [5.74, 6) is 2.55. The molecule has 0 aliphatic carbocycles. The molecule has 2 rings (SSSR count). The van der Waals surface area contributed by atoms with Crippen LogP contribution in [0.2, 0.25) is 0 Å². The molecule has 0 bridgehead atoms. The van der Waals surface area contributed by atoms with Crippen molar-refractivity contribution in [2.24, 2.45) is 0 Å². The maximum Gasteiger partial charge on any atom is 0.213 e. The van der Waals surface area contributed by atoms with Crippen LogP contribution in [0.15, 0.2) is 24.4 Å². The van der Waals surface area contributed by atoms with E-state index < -0.39 is 0 Å². The molecule has 0 radical (unpaired) electrons. The van der Waals surface area contributed by atoms with E-state index >= 15 is 0 Å². The van der Waals surface area contributed by atoms with Crippen LogP contribution in [0.25, 0.3) is 11.3 Å². The molecule has 0 aliphatic heterocycles. The van der Waals surface area contributed by atoms with Crippen LogP contribution in [-0.4, -0.2) is 28.6 Å². The third-order valence-corrected chi connectivity index (χ3v) is 3.06. The molecule has 0 saturated carbocycles. The second-order valence-electron chi connectivity index (χ2n) is 5.16. The number of nitrogens with one attached hydrogen (secondary N) is 1. The van der Waals surface area contributed by atoms with Crippen molar-refractivity contribution in [2.75, 3.05) is 19.0 Å². The first-order chi connectivity index (χ1) is 10.1. The minimum Gasteiger partial charge on any atom is -0.481 e.